The number of carbonyl (C=O) groups is 2. The number of hydrogen-bond donors (Lipinski definition) is 0. The summed E-state index contributed by atoms with van der Waals surface area (Å²) in [7, 11) is 0. The Balaban J connectivity index is 2.16. The summed E-state index contributed by atoms with van der Waals surface area (Å²) in [6.07, 6.45) is 1.62. The maximum Gasteiger partial charge on any atom is 0.254 e. The summed E-state index contributed by atoms with van der Waals surface area (Å²) in [5, 5.41) is 0.601. The Morgan fingerprint density at radius 1 is 1.24 bits per heavy atom. The number of amides is 2. The van der Waals surface area contributed by atoms with Crippen molar-refractivity contribution in [1.29, 1.82) is 0 Å². The van der Waals surface area contributed by atoms with Gasteiger partial charge in [-0.25, -0.2) is 0 Å². The minimum Gasteiger partial charge on any atom is -0.341 e. The Labute approximate surface area is 130 Å². The molecule has 1 aromatic rings. The summed E-state index contributed by atoms with van der Waals surface area (Å²) in [5.41, 5.74) is 0.582. The number of likely N-dealkylation sites (N-methyl/N-ethyl adjacent to an activating group) is 1. The highest BCUT2D eigenvalue weighted by molar-refractivity contribution is 6.30. The van der Waals surface area contributed by atoms with Crippen LogP contribution in [0.25, 0.3) is 0 Å². The normalized spacial score (nSPS) is 17.9. The van der Waals surface area contributed by atoms with Gasteiger partial charge >= 0.3 is 0 Å². The molecular formula is C16H21ClN2O2. The molecular weight excluding hydrogens is 288 g/mol. The molecule has 1 aromatic carbocycles. The first-order valence-corrected chi connectivity index (χ1v) is 7.81. The molecule has 1 heterocycles. The molecule has 0 N–H and O–H groups in total. The molecule has 0 bridgehead atoms. The summed E-state index contributed by atoms with van der Waals surface area (Å²) in [6, 6.07) is 6.50. The Hall–Kier alpha value is -1.55. The van der Waals surface area contributed by atoms with Crippen LogP contribution in [-0.2, 0) is 4.79 Å². The standard InChI is InChI=1S/C16H21ClN2O2/c1-3-18(4-2)16(21)14-6-5-11-19(14)15(20)12-7-9-13(17)10-8-12/h7-10,14H,3-6,11H2,1-2H3/t14-/m1/s1. The topological polar surface area (TPSA) is 40.6 Å². The van der Waals surface area contributed by atoms with Crippen LogP contribution in [0.5, 0.6) is 0 Å². The molecule has 4 nitrogen and oxygen atoms in total. The number of carbonyl (C=O) groups excluding carboxylic acids is 2. The molecule has 1 saturated heterocycles. The summed E-state index contributed by atoms with van der Waals surface area (Å²) < 4.78 is 0. The van der Waals surface area contributed by atoms with E-state index in [4.69, 9.17) is 11.6 Å². The fourth-order valence-corrected chi connectivity index (χ4v) is 2.90. The first kappa shape index (κ1) is 15.8. The van der Waals surface area contributed by atoms with Crippen molar-refractivity contribution < 1.29 is 9.59 Å². The van der Waals surface area contributed by atoms with Crippen LogP contribution in [-0.4, -0.2) is 47.3 Å². The van der Waals surface area contributed by atoms with Gasteiger partial charge in [0.1, 0.15) is 6.04 Å². The van der Waals surface area contributed by atoms with Gasteiger partial charge in [0.15, 0.2) is 0 Å². The second-order valence-electron chi connectivity index (χ2n) is 5.17. The molecule has 0 radical (unpaired) electrons. The van der Waals surface area contributed by atoms with Crippen LogP contribution in [0.2, 0.25) is 5.02 Å². The maximum atomic E-state index is 12.6. The van der Waals surface area contributed by atoms with Crippen LogP contribution < -0.4 is 0 Å². The summed E-state index contributed by atoms with van der Waals surface area (Å²) in [6.45, 7) is 5.91. The number of hydrogen-bond acceptors (Lipinski definition) is 2. The van der Waals surface area contributed by atoms with Crippen molar-refractivity contribution in [2.45, 2.75) is 32.7 Å². The first-order chi connectivity index (χ1) is 10.1. The summed E-state index contributed by atoms with van der Waals surface area (Å²) in [5.74, 6) is -0.0329. The number of rotatable bonds is 4. The molecule has 114 valence electrons. The average molecular weight is 309 g/mol. The largest absolute Gasteiger partial charge is 0.341 e. The van der Waals surface area contributed by atoms with Crippen molar-refractivity contribution in [2.24, 2.45) is 0 Å². The lowest BCUT2D eigenvalue weighted by molar-refractivity contribution is -0.134. The van der Waals surface area contributed by atoms with Crippen molar-refractivity contribution in [2.75, 3.05) is 19.6 Å². The molecule has 2 amide bonds. The fraction of sp³-hybridized carbons (Fsp3) is 0.500. The molecule has 1 aliphatic heterocycles. The van der Waals surface area contributed by atoms with E-state index in [0.29, 0.717) is 30.2 Å². The number of benzene rings is 1. The molecule has 1 aliphatic rings. The van der Waals surface area contributed by atoms with Crippen LogP contribution >= 0.6 is 11.6 Å². The third-order valence-corrected chi connectivity index (χ3v) is 4.22. The monoisotopic (exact) mass is 308 g/mol. The van der Waals surface area contributed by atoms with Crippen LogP contribution in [0, 0.1) is 0 Å². The van der Waals surface area contributed by atoms with Gasteiger partial charge in [0, 0.05) is 30.2 Å². The quantitative estimate of drug-likeness (QED) is 0.858. The van der Waals surface area contributed by atoms with Crippen LogP contribution in [0.4, 0.5) is 0 Å². The zero-order valence-electron chi connectivity index (χ0n) is 12.5. The maximum absolute atomic E-state index is 12.6. The minimum atomic E-state index is -0.326. The molecule has 5 heteroatoms. The van der Waals surface area contributed by atoms with E-state index in [9.17, 15) is 9.59 Å². The van der Waals surface area contributed by atoms with Gasteiger partial charge in [-0.3, -0.25) is 9.59 Å². The predicted molar refractivity (Wildman–Crippen MR) is 83.4 cm³/mol. The van der Waals surface area contributed by atoms with Gasteiger partial charge in [-0.05, 0) is 51.0 Å². The van der Waals surface area contributed by atoms with Crippen molar-refractivity contribution in [3.8, 4) is 0 Å². The van der Waals surface area contributed by atoms with Gasteiger partial charge < -0.3 is 9.80 Å². The molecule has 1 fully saturated rings. The second-order valence-corrected chi connectivity index (χ2v) is 5.61. The van der Waals surface area contributed by atoms with Crippen molar-refractivity contribution in [3.05, 3.63) is 34.9 Å². The molecule has 0 saturated carbocycles. The fourth-order valence-electron chi connectivity index (χ4n) is 2.77. The van der Waals surface area contributed by atoms with E-state index in [1.54, 1.807) is 34.1 Å². The van der Waals surface area contributed by atoms with Crippen molar-refractivity contribution in [1.82, 2.24) is 9.80 Å². The van der Waals surface area contributed by atoms with Crippen molar-refractivity contribution >= 4 is 23.4 Å². The van der Waals surface area contributed by atoms with E-state index < -0.39 is 0 Å². The van der Waals surface area contributed by atoms with Gasteiger partial charge in [0.05, 0.1) is 0 Å². The van der Waals surface area contributed by atoms with Gasteiger partial charge in [0.25, 0.3) is 5.91 Å². The molecule has 21 heavy (non-hydrogen) atoms. The van der Waals surface area contributed by atoms with E-state index in [2.05, 4.69) is 0 Å². The third kappa shape index (κ3) is 3.38. The van der Waals surface area contributed by atoms with Crippen LogP contribution in [0.3, 0.4) is 0 Å². The van der Waals surface area contributed by atoms with E-state index >= 15 is 0 Å². The lowest BCUT2D eigenvalue weighted by Gasteiger charge is -2.29. The molecule has 2 rings (SSSR count). The summed E-state index contributed by atoms with van der Waals surface area (Å²) >= 11 is 5.85. The van der Waals surface area contributed by atoms with Crippen LogP contribution in [0.15, 0.2) is 24.3 Å². The highest BCUT2D eigenvalue weighted by atomic mass is 35.5. The summed E-state index contributed by atoms with van der Waals surface area (Å²) in [4.78, 5) is 28.6. The number of likely N-dealkylation sites (tertiary alicyclic amines) is 1. The molecule has 1 atom stereocenters. The van der Waals surface area contributed by atoms with E-state index in [1.165, 1.54) is 0 Å². The predicted octanol–water partition coefficient (Wildman–Crippen LogP) is 2.81. The van der Waals surface area contributed by atoms with Gasteiger partial charge in [0.2, 0.25) is 5.91 Å². The SMILES string of the molecule is CCN(CC)C(=O)[C@H]1CCCN1C(=O)c1ccc(Cl)cc1. The smallest absolute Gasteiger partial charge is 0.254 e. The zero-order chi connectivity index (χ0) is 15.4. The molecule has 0 spiro atoms. The highest BCUT2D eigenvalue weighted by Crippen LogP contribution is 2.22. The minimum absolute atomic E-state index is 0.0554. The molecule has 0 aliphatic carbocycles. The lowest BCUT2D eigenvalue weighted by atomic mass is 10.1. The number of nitrogens with zero attached hydrogens (tertiary/aromatic N) is 2. The molecule has 0 unspecified atom stereocenters. The zero-order valence-corrected chi connectivity index (χ0v) is 13.3. The highest BCUT2D eigenvalue weighted by Gasteiger charge is 2.36. The Morgan fingerprint density at radius 2 is 1.86 bits per heavy atom. The van der Waals surface area contributed by atoms with Gasteiger partial charge in [-0.1, -0.05) is 11.6 Å². The van der Waals surface area contributed by atoms with Gasteiger partial charge in [-0.15, -0.1) is 0 Å². The second kappa shape index (κ2) is 6.94. The number of halogens is 1. The molecule has 0 aromatic heterocycles. The van der Waals surface area contributed by atoms with Crippen molar-refractivity contribution in [3.63, 3.8) is 0 Å². The van der Waals surface area contributed by atoms with E-state index in [-0.39, 0.29) is 17.9 Å². The van der Waals surface area contributed by atoms with E-state index in [0.717, 1.165) is 12.8 Å². The van der Waals surface area contributed by atoms with E-state index in [1.807, 2.05) is 13.8 Å². The Kier molecular flexibility index (Phi) is 5.23. The Bertz CT molecular complexity index is 512. The third-order valence-electron chi connectivity index (χ3n) is 3.97. The lowest BCUT2D eigenvalue weighted by Crippen LogP contribution is -2.47. The Morgan fingerprint density at radius 3 is 2.43 bits per heavy atom. The first-order valence-electron chi connectivity index (χ1n) is 7.43. The van der Waals surface area contributed by atoms with Crippen LogP contribution in [0.1, 0.15) is 37.0 Å². The van der Waals surface area contributed by atoms with Gasteiger partial charge in [-0.2, -0.15) is 0 Å². The average Bonchev–Trinajstić information content (AvgIpc) is 2.97.